The number of rotatable bonds is 11. The molecule has 0 rings (SSSR count). The third-order valence-electron chi connectivity index (χ3n) is 2.66. The van der Waals surface area contributed by atoms with Crippen LogP contribution in [-0.4, -0.2) is 20.6 Å². The molecule has 0 saturated carbocycles. The highest BCUT2D eigenvalue weighted by Crippen LogP contribution is 2.19. The number of unbranched alkanes of at least 4 members (excludes halogenated alkanes) is 5. The van der Waals surface area contributed by atoms with Crippen molar-refractivity contribution in [2.75, 3.05) is 13.2 Å². The van der Waals surface area contributed by atoms with E-state index >= 15 is 0 Å². The lowest BCUT2D eigenvalue weighted by Gasteiger charge is -2.11. The van der Waals surface area contributed by atoms with Crippen LogP contribution in [-0.2, 0) is 4.74 Å². The smallest absolute Gasteiger partial charge is 0.150 e. The molecule has 0 aromatic heterocycles. The Morgan fingerprint density at radius 2 is 1.59 bits per heavy atom. The fourth-order valence-electron chi connectivity index (χ4n) is 1.70. The van der Waals surface area contributed by atoms with Gasteiger partial charge in [0.15, 0.2) is 0 Å². The quantitative estimate of drug-likeness (QED) is 0.214. The molecule has 0 aliphatic heterocycles. The van der Waals surface area contributed by atoms with E-state index in [1.54, 1.807) is 0 Å². The molecule has 0 aromatic carbocycles. The first-order valence-electron chi connectivity index (χ1n) is 6.83. The van der Waals surface area contributed by atoms with Crippen molar-refractivity contribution in [3.63, 3.8) is 0 Å². The van der Waals surface area contributed by atoms with Gasteiger partial charge in [0, 0.05) is 6.61 Å². The SMILES string of the molecule is C=C(C)COCCCCCCCC[Si](C)(C)Cl. The maximum atomic E-state index is 6.27. The van der Waals surface area contributed by atoms with E-state index in [-0.39, 0.29) is 0 Å². The first kappa shape index (κ1) is 17.2. The van der Waals surface area contributed by atoms with Crippen molar-refractivity contribution in [2.24, 2.45) is 0 Å². The monoisotopic (exact) mass is 276 g/mol. The largest absolute Gasteiger partial charge is 0.377 e. The Hall–Kier alpha value is 0.207. The van der Waals surface area contributed by atoms with Crippen LogP contribution in [0.15, 0.2) is 12.2 Å². The molecule has 102 valence electrons. The van der Waals surface area contributed by atoms with Gasteiger partial charge in [-0.3, -0.25) is 0 Å². The lowest BCUT2D eigenvalue weighted by molar-refractivity contribution is 0.151. The van der Waals surface area contributed by atoms with Gasteiger partial charge in [0.25, 0.3) is 0 Å². The van der Waals surface area contributed by atoms with Crippen LogP contribution in [0.5, 0.6) is 0 Å². The molecule has 0 aliphatic carbocycles. The summed E-state index contributed by atoms with van der Waals surface area (Å²) < 4.78 is 5.46. The van der Waals surface area contributed by atoms with Crippen LogP contribution in [0.2, 0.25) is 19.1 Å². The molecule has 0 bridgehead atoms. The summed E-state index contributed by atoms with van der Waals surface area (Å²) in [6.45, 7) is 11.9. The molecule has 0 fully saturated rings. The van der Waals surface area contributed by atoms with Crippen molar-refractivity contribution in [1.29, 1.82) is 0 Å². The summed E-state index contributed by atoms with van der Waals surface area (Å²) in [5.41, 5.74) is 1.11. The maximum Gasteiger partial charge on any atom is 0.150 e. The minimum Gasteiger partial charge on any atom is -0.377 e. The lowest BCUT2D eigenvalue weighted by Crippen LogP contribution is -2.14. The highest BCUT2D eigenvalue weighted by atomic mass is 35.6. The summed E-state index contributed by atoms with van der Waals surface area (Å²) in [4.78, 5) is 0. The third kappa shape index (κ3) is 16.2. The zero-order valence-electron chi connectivity index (χ0n) is 11.9. The average molecular weight is 277 g/mol. The van der Waals surface area contributed by atoms with Crippen molar-refractivity contribution in [1.82, 2.24) is 0 Å². The van der Waals surface area contributed by atoms with E-state index in [2.05, 4.69) is 19.7 Å². The second-order valence-corrected chi connectivity index (χ2v) is 12.6. The summed E-state index contributed by atoms with van der Waals surface area (Å²) >= 11 is 6.27. The molecule has 0 saturated heterocycles. The van der Waals surface area contributed by atoms with Gasteiger partial charge < -0.3 is 4.74 Å². The average Bonchev–Trinajstić information content (AvgIpc) is 2.18. The van der Waals surface area contributed by atoms with Crippen molar-refractivity contribution >= 4 is 18.5 Å². The summed E-state index contributed by atoms with van der Waals surface area (Å²) in [5, 5.41) is 0. The van der Waals surface area contributed by atoms with Gasteiger partial charge in [-0.15, -0.1) is 0 Å². The summed E-state index contributed by atoms with van der Waals surface area (Å²) in [5.74, 6) is 0. The van der Waals surface area contributed by atoms with Gasteiger partial charge in [-0.1, -0.05) is 57.4 Å². The van der Waals surface area contributed by atoms with Crippen LogP contribution in [0.25, 0.3) is 0 Å². The normalized spacial score (nSPS) is 11.8. The van der Waals surface area contributed by atoms with Crippen LogP contribution < -0.4 is 0 Å². The molecule has 0 radical (unpaired) electrons. The number of ether oxygens (including phenoxy) is 1. The fourth-order valence-corrected chi connectivity index (χ4v) is 3.19. The van der Waals surface area contributed by atoms with E-state index in [1.807, 2.05) is 6.92 Å². The van der Waals surface area contributed by atoms with Crippen molar-refractivity contribution in [3.05, 3.63) is 12.2 Å². The van der Waals surface area contributed by atoms with Crippen LogP contribution in [0.4, 0.5) is 0 Å². The molecule has 0 atom stereocenters. The molecule has 1 nitrogen and oxygen atoms in total. The summed E-state index contributed by atoms with van der Waals surface area (Å²) in [6.07, 6.45) is 7.81. The van der Waals surface area contributed by atoms with E-state index < -0.39 is 7.38 Å². The molecule has 3 heteroatoms. The predicted molar refractivity (Wildman–Crippen MR) is 81.5 cm³/mol. The van der Waals surface area contributed by atoms with Crippen LogP contribution in [0.3, 0.4) is 0 Å². The Balaban J connectivity index is 3.06. The van der Waals surface area contributed by atoms with Gasteiger partial charge in [-0.2, -0.15) is 11.1 Å². The summed E-state index contributed by atoms with van der Waals surface area (Å²) in [7, 11) is -1.31. The lowest BCUT2D eigenvalue weighted by atomic mass is 10.1. The molecule has 0 unspecified atom stereocenters. The van der Waals surface area contributed by atoms with E-state index in [1.165, 1.54) is 44.6 Å². The second kappa shape index (κ2) is 10.2. The Labute approximate surface area is 113 Å². The molecule has 0 amide bonds. The Bertz CT molecular complexity index is 199. The molecular formula is C14H29ClOSi. The highest BCUT2D eigenvalue weighted by Gasteiger charge is 2.15. The standard InChI is InChI=1S/C14H29ClOSi/c1-14(2)13-16-11-9-7-5-6-8-10-12-17(3,4)15/h1,5-13H2,2-4H3. The topological polar surface area (TPSA) is 9.23 Å². The summed E-state index contributed by atoms with van der Waals surface area (Å²) in [6, 6.07) is 1.26. The fraction of sp³-hybridized carbons (Fsp3) is 0.857. The highest BCUT2D eigenvalue weighted by molar-refractivity contribution is 7.19. The first-order chi connectivity index (χ1) is 7.92. The third-order valence-corrected chi connectivity index (χ3v) is 4.77. The van der Waals surface area contributed by atoms with Gasteiger partial charge in [0.05, 0.1) is 6.61 Å². The molecule has 17 heavy (non-hydrogen) atoms. The van der Waals surface area contributed by atoms with Gasteiger partial charge in [-0.05, 0) is 19.4 Å². The van der Waals surface area contributed by atoms with Crippen molar-refractivity contribution in [3.8, 4) is 0 Å². The number of hydrogen-bond acceptors (Lipinski definition) is 1. The van der Waals surface area contributed by atoms with Gasteiger partial charge >= 0.3 is 0 Å². The molecule has 0 N–H and O–H groups in total. The van der Waals surface area contributed by atoms with E-state index in [0.717, 1.165) is 18.8 Å². The zero-order chi connectivity index (χ0) is 13.1. The number of hydrogen-bond donors (Lipinski definition) is 0. The van der Waals surface area contributed by atoms with E-state index in [4.69, 9.17) is 15.8 Å². The maximum absolute atomic E-state index is 6.27. The Kier molecular flexibility index (Phi) is 10.3. The predicted octanol–water partition coefficient (Wildman–Crippen LogP) is 5.36. The van der Waals surface area contributed by atoms with E-state index in [0.29, 0.717) is 0 Å². The van der Waals surface area contributed by atoms with Crippen LogP contribution in [0, 0.1) is 0 Å². The zero-order valence-corrected chi connectivity index (χ0v) is 13.6. The van der Waals surface area contributed by atoms with Gasteiger partial charge in [0.1, 0.15) is 7.38 Å². The Morgan fingerprint density at radius 3 is 2.12 bits per heavy atom. The minimum atomic E-state index is -1.31. The Morgan fingerprint density at radius 1 is 1.06 bits per heavy atom. The van der Waals surface area contributed by atoms with Crippen molar-refractivity contribution in [2.45, 2.75) is 64.6 Å². The molecule has 0 spiro atoms. The minimum absolute atomic E-state index is 0.718. The van der Waals surface area contributed by atoms with Crippen LogP contribution >= 0.6 is 11.1 Å². The van der Waals surface area contributed by atoms with Gasteiger partial charge in [0.2, 0.25) is 0 Å². The molecular weight excluding hydrogens is 248 g/mol. The molecule has 0 aromatic rings. The number of halogens is 1. The molecule has 0 aliphatic rings. The van der Waals surface area contributed by atoms with Crippen LogP contribution in [0.1, 0.15) is 45.4 Å². The first-order valence-corrected chi connectivity index (χ1v) is 11.0. The van der Waals surface area contributed by atoms with Crippen molar-refractivity contribution < 1.29 is 4.74 Å². The van der Waals surface area contributed by atoms with Gasteiger partial charge in [-0.25, -0.2) is 0 Å². The van der Waals surface area contributed by atoms with E-state index in [9.17, 15) is 0 Å². The molecule has 0 heterocycles. The second-order valence-electron chi connectivity index (χ2n) is 5.60.